The molecular weight excluding hydrogens is 284 g/mol. The maximum Gasteiger partial charge on any atom is 0.129 e. The highest BCUT2D eigenvalue weighted by molar-refractivity contribution is 6.83. The number of hydrogen-bond acceptors (Lipinski definition) is 2. The first kappa shape index (κ1) is 15.8. The van der Waals surface area contributed by atoms with Crippen LogP contribution in [0.3, 0.4) is 0 Å². The molecule has 0 aliphatic carbocycles. The Labute approximate surface area is 133 Å². The summed E-state index contributed by atoms with van der Waals surface area (Å²) in [6.07, 6.45) is 8.96. The molecule has 2 heterocycles. The number of hydrogen-bond donors (Lipinski definition) is 0. The van der Waals surface area contributed by atoms with Crippen molar-refractivity contribution in [1.82, 2.24) is 9.97 Å². The van der Waals surface area contributed by atoms with Crippen molar-refractivity contribution in [2.75, 3.05) is 0 Å². The van der Waals surface area contributed by atoms with Crippen LogP contribution in [0.1, 0.15) is 16.8 Å². The van der Waals surface area contributed by atoms with E-state index in [1.165, 1.54) is 0 Å². The van der Waals surface area contributed by atoms with E-state index in [-0.39, 0.29) is 0 Å². The highest BCUT2D eigenvalue weighted by Crippen LogP contribution is 2.03. The quantitative estimate of drug-likeness (QED) is 0.592. The Balaban J connectivity index is 2.01. The Morgan fingerprint density at radius 3 is 2.45 bits per heavy atom. The lowest BCUT2D eigenvalue weighted by Gasteiger charge is -2.03. The molecule has 0 N–H and O–H groups in total. The number of pyridine rings is 2. The topological polar surface area (TPSA) is 25.8 Å². The van der Waals surface area contributed by atoms with Gasteiger partial charge >= 0.3 is 0 Å². The number of nitrogens with zero attached hydrogens (tertiary/aromatic N) is 2. The zero-order valence-electron chi connectivity index (χ0n) is 13.1. The number of aromatic nitrogens is 2. The molecule has 0 amide bonds. The third-order valence-electron chi connectivity index (χ3n) is 2.58. The SMILES string of the molecule is C[Si](C)(C)C#Cc1ccc(/C=C/C#Cc2cccnc2)nc1. The Bertz CT molecular complexity index is 762. The lowest BCUT2D eigenvalue weighted by atomic mass is 10.2. The minimum atomic E-state index is -1.34. The summed E-state index contributed by atoms with van der Waals surface area (Å²) >= 11 is 0. The average molecular weight is 302 g/mol. The van der Waals surface area contributed by atoms with Crippen LogP contribution in [0, 0.1) is 23.3 Å². The van der Waals surface area contributed by atoms with E-state index >= 15 is 0 Å². The lowest BCUT2D eigenvalue weighted by Crippen LogP contribution is -2.16. The first-order valence-electron chi connectivity index (χ1n) is 7.10. The maximum atomic E-state index is 4.37. The van der Waals surface area contributed by atoms with Gasteiger partial charge in [-0.3, -0.25) is 9.97 Å². The summed E-state index contributed by atoms with van der Waals surface area (Å²) in [5, 5.41) is 0. The van der Waals surface area contributed by atoms with E-state index in [0.29, 0.717) is 0 Å². The molecule has 2 nitrogen and oxygen atoms in total. The normalized spacial score (nSPS) is 10.5. The largest absolute Gasteiger partial charge is 0.263 e. The van der Waals surface area contributed by atoms with E-state index in [0.717, 1.165) is 16.8 Å². The predicted octanol–water partition coefficient (Wildman–Crippen LogP) is 3.77. The van der Waals surface area contributed by atoms with Gasteiger partial charge in [-0.15, -0.1) is 5.54 Å². The van der Waals surface area contributed by atoms with Crippen molar-refractivity contribution in [3.8, 4) is 23.3 Å². The zero-order chi connectivity index (χ0) is 15.8. The second-order valence-corrected chi connectivity index (χ2v) is 10.6. The molecule has 108 valence electrons. The predicted molar refractivity (Wildman–Crippen MR) is 94.6 cm³/mol. The second kappa shape index (κ2) is 7.40. The molecule has 2 aromatic heterocycles. The molecule has 3 heteroatoms. The van der Waals surface area contributed by atoms with Crippen LogP contribution < -0.4 is 0 Å². The minimum Gasteiger partial charge on any atom is -0.263 e. The van der Waals surface area contributed by atoms with Crippen LogP contribution in [0.2, 0.25) is 19.6 Å². The number of allylic oxidation sites excluding steroid dienone is 1. The van der Waals surface area contributed by atoms with E-state index < -0.39 is 8.07 Å². The van der Waals surface area contributed by atoms with Crippen LogP contribution in [0.5, 0.6) is 0 Å². The van der Waals surface area contributed by atoms with Gasteiger partial charge in [-0.25, -0.2) is 0 Å². The van der Waals surface area contributed by atoms with E-state index in [1.807, 2.05) is 30.3 Å². The van der Waals surface area contributed by atoms with Gasteiger partial charge in [0, 0.05) is 29.7 Å². The van der Waals surface area contributed by atoms with Crippen molar-refractivity contribution in [3.05, 3.63) is 65.8 Å². The van der Waals surface area contributed by atoms with Crippen molar-refractivity contribution in [3.63, 3.8) is 0 Å². The summed E-state index contributed by atoms with van der Waals surface area (Å²) in [5.74, 6) is 9.19. The zero-order valence-corrected chi connectivity index (χ0v) is 14.1. The summed E-state index contributed by atoms with van der Waals surface area (Å²) in [6.45, 7) is 6.68. The van der Waals surface area contributed by atoms with Crippen LogP contribution >= 0.6 is 0 Å². The molecule has 0 saturated heterocycles. The molecule has 0 bridgehead atoms. The third-order valence-corrected chi connectivity index (χ3v) is 3.46. The Hall–Kier alpha value is -2.62. The molecule has 0 unspecified atom stereocenters. The smallest absolute Gasteiger partial charge is 0.129 e. The fourth-order valence-corrected chi connectivity index (χ4v) is 2.05. The summed E-state index contributed by atoms with van der Waals surface area (Å²) in [6, 6.07) is 7.75. The molecule has 2 rings (SSSR count). The fraction of sp³-hybridized carbons (Fsp3) is 0.158. The minimum absolute atomic E-state index is 0.874. The van der Waals surface area contributed by atoms with Crippen LogP contribution in [0.25, 0.3) is 6.08 Å². The van der Waals surface area contributed by atoms with E-state index in [2.05, 4.69) is 52.9 Å². The Morgan fingerprint density at radius 2 is 1.82 bits per heavy atom. The van der Waals surface area contributed by atoms with Gasteiger partial charge in [0.2, 0.25) is 0 Å². The van der Waals surface area contributed by atoms with Gasteiger partial charge in [0.1, 0.15) is 8.07 Å². The van der Waals surface area contributed by atoms with Crippen molar-refractivity contribution in [2.45, 2.75) is 19.6 Å². The first-order chi connectivity index (χ1) is 10.5. The molecule has 0 aliphatic rings. The first-order valence-corrected chi connectivity index (χ1v) is 10.6. The van der Waals surface area contributed by atoms with Crippen LogP contribution in [0.4, 0.5) is 0 Å². The molecule has 0 aliphatic heterocycles. The van der Waals surface area contributed by atoms with Crippen LogP contribution in [0.15, 0.2) is 48.9 Å². The van der Waals surface area contributed by atoms with Gasteiger partial charge < -0.3 is 0 Å². The van der Waals surface area contributed by atoms with Gasteiger partial charge in [0.15, 0.2) is 0 Å². The molecule has 0 fully saturated rings. The molecule has 22 heavy (non-hydrogen) atoms. The summed E-state index contributed by atoms with van der Waals surface area (Å²) in [4.78, 5) is 8.39. The lowest BCUT2D eigenvalue weighted by molar-refractivity contribution is 1.28. The summed E-state index contributed by atoms with van der Waals surface area (Å²) < 4.78 is 0. The van der Waals surface area contributed by atoms with Crippen LogP contribution in [-0.2, 0) is 0 Å². The van der Waals surface area contributed by atoms with E-state index in [9.17, 15) is 0 Å². The van der Waals surface area contributed by atoms with E-state index in [4.69, 9.17) is 0 Å². The third kappa shape index (κ3) is 5.79. The fourth-order valence-electron chi connectivity index (χ4n) is 1.53. The van der Waals surface area contributed by atoms with Crippen LogP contribution in [-0.4, -0.2) is 18.0 Å². The van der Waals surface area contributed by atoms with E-state index in [1.54, 1.807) is 24.7 Å². The Kier molecular flexibility index (Phi) is 5.30. The van der Waals surface area contributed by atoms with Crippen molar-refractivity contribution in [1.29, 1.82) is 0 Å². The monoisotopic (exact) mass is 302 g/mol. The van der Waals surface area contributed by atoms with Crippen molar-refractivity contribution in [2.24, 2.45) is 0 Å². The van der Waals surface area contributed by atoms with Gasteiger partial charge in [-0.05, 0) is 36.4 Å². The summed E-state index contributed by atoms with van der Waals surface area (Å²) in [5.41, 5.74) is 6.06. The molecule has 0 atom stereocenters. The number of rotatable bonds is 1. The standard InChI is InChI=1S/C19H18N2Si/c1-22(2,3)14-12-18-10-11-19(21-16-18)9-5-4-7-17-8-6-13-20-15-17/h5-6,8-11,13,15-16H,1-3H3/b9-5+. The maximum absolute atomic E-state index is 4.37. The highest BCUT2D eigenvalue weighted by atomic mass is 28.3. The second-order valence-electron chi connectivity index (χ2n) is 5.82. The van der Waals surface area contributed by atoms with Gasteiger partial charge in [-0.1, -0.05) is 37.4 Å². The molecule has 0 radical (unpaired) electrons. The van der Waals surface area contributed by atoms with Crippen molar-refractivity contribution < 1.29 is 0 Å². The van der Waals surface area contributed by atoms with Gasteiger partial charge in [-0.2, -0.15) is 0 Å². The molecule has 0 aromatic carbocycles. The molecule has 2 aromatic rings. The average Bonchev–Trinajstić information content (AvgIpc) is 2.51. The van der Waals surface area contributed by atoms with Crippen molar-refractivity contribution >= 4 is 14.1 Å². The summed E-state index contributed by atoms with van der Waals surface area (Å²) in [7, 11) is -1.34. The highest BCUT2D eigenvalue weighted by Gasteiger charge is 2.07. The Morgan fingerprint density at radius 1 is 1.00 bits per heavy atom. The molecule has 0 saturated carbocycles. The molecular formula is C19H18N2Si. The van der Waals surface area contributed by atoms with Gasteiger partial charge in [0.25, 0.3) is 0 Å². The molecule has 0 spiro atoms. The van der Waals surface area contributed by atoms with Gasteiger partial charge in [0.05, 0.1) is 5.69 Å².